The number of aromatic nitrogens is 2. The molecule has 1 aromatic heterocycles. The van der Waals surface area contributed by atoms with Crippen LogP contribution in [0, 0.1) is 6.92 Å². The Morgan fingerprint density at radius 1 is 1.11 bits per heavy atom. The number of nitrogens with zero attached hydrogens (tertiary/aromatic N) is 3. The summed E-state index contributed by atoms with van der Waals surface area (Å²) in [6.07, 6.45) is 0. The molecule has 1 aliphatic rings. The summed E-state index contributed by atoms with van der Waals surface area (Å²) in [6, 6.07) is 15.8. The first-order chi connectivity index (χ1) is 13.4. The lowest BCUT2D eigenvalue weighted by Gasteiger charge is -2.25. The molecule has 0 bridgehead atoms. The van der Waals surface area contributed by atoms with Crippen LogP contribution in [0.2, 0.25) is 0 Å². The number of likely N-dealkylation sites (N-methyl/N-ethyl adjacent to an activating group) is 1. The van der Waals surface area contributed by atoms with Crippen molar-refractivity contribution in [2.75, 3.05) is 27.2 Å². The van der Waals surface area contributed by atoms with E-state index in [4.69, 9.17) is 0 Å². The average molecular weight is 376 g/mol. The summed E-state index contributed by atoms with van der Waals surface area (Å²) in [5.74, 6) is 0.0850. The van der Waals surface area contributed by atoms with Crippen molar-refractivity contribution in [2.24, 2.45) is 0 Å². The highest BCUT2D eigenvalue weighted by atomic mass is 16.2. The first-order valence-electron chi connectivity index (χ1n) is 9.45. The molecule has 6 nitrogen and oxygen atoms in total. The lowest BCUT2D eigenvalue weighted by atomic mass is 9.93. The molecule has 0 radical (unpaired) electrons. The van der Waals surface area contributed by atoms with E-state index in [0.29, 0.717) is 24.0 Å². The molecule has 1 amide bonds. The van der Waals surface area contributed by atoms with E-state index >= 15 is 0 Å². The predicted molar refractivity (Wildman–Crippen MR) is 110 cm³/mol. The number of likely N-dealkylation sites (tertiary alicyclic amines) is 1. The maximum Gasteiger partial charge on any atom is 0.289 e. The zero-order valence-corrected chi connectivity index (χ0v) is 16.3. The van der Waals surface area contributed by atoms with Gasteiger partial charge in [0.2, 0.25) is 0 Å². The van der Waals surface area contributed by atoms with Crippen molar-refractivity contribution in [3.05, 3.63) is 75.8 Å². The monoisotopic (exact) mass is 376 g/mol. The van der Waals surface area contributed by atoms with Crippen molar-refractivity contribution in [1.29, 1.82) is 0 Å². The number of aromatic amines is 1. The number of carbonyl (C=O) groups excluding carboxylic acids is 1. The molecule has 2 aromatic carbocycles. The Morgan fingerprint density at radius 3 is 2.54 bits per heavy atom. The Morgan fingerprint density at radius 2 is 1.82 bits per heavy atom. The lowest BCUT2D eigenvalue weighted by molar-refractivity contribution is 0.0770. The number of fused-ring (bicyclic) bond motifs is 1. The maximum absolute atomic E-state index is 13.1. The van der Waals surface area contributed by atoms with Crippen LogP contribution in [-0.4, -0.2) is 58.9 Å². The summed E-state index contributed by atoms with van der Waals surface area (Å²) in [5.41, 5.74) is 2.69. The van der Waals surface area contributed by atoms with Crippen LogP contribution in [0.25, 0.3) is 10.9 Å². The molecule has 28 heavy (non-hydrogen) atoms. The molecule has 2 unspecified atom stereocenters. The summed E-state index contributed by atoms with van der Waals surface area (Å²) in [5, 5.41) is 0.490. The second kappa shape index (κ2) is 7.20. The molecular weight excluding hydrogens is 352 g/mol. The number of hydrogen-bond acceptors (Lipinski definition) is 4. The van der Waals surface area contributed by atoms with Crippen LogP contribution < -0.4 is 5.56 Å². The van der Waals surface area contributed by atoms with E-state index in [9.17, 15) is 9.59 Å². The number of aryl methyl sites for hydroxylation is 1. The van der Waals surface area contributed by atoms with Gasteiger partial charge >= 0.3 is 0 Å². The molecule has 0 saturated carbocycles. The second-order valence-corrected chi connectivity index (χ2v) is 7.69. The van der Waals surface area contributed by atoms with Gasteiger partial charge in [-0.2, -0.15) is 0 Å². The fourth-order valence-electron chi connectivity index (χ4n) is 3.95. The number of rotatable bonds is 3. The number of hydrogen-bond donors (Lipinski definition) is 1. The van der Waals surface area contributed by atoms with E-state index in [1.807, 2.05) is 20.2 Å². The third-order valence-corrected chi connectivity index (χ3v) is 5.56. The molecule has 1 N–H and O–H groups in total. The topological polar surface area (TPSA) is 69.3 Å². The van der Waals surface area contributed by atoms with Gasteiger partial charge in [-0.05, 0) is 38.7 Å². The molecule has 2 heterocycles. The molecule has 4 rings (SSSR count). The van der Waals surface area contributed by atoms with Crippen LogP contribution in [-0.2, 0) is 0 Å². The van der Waals surface area contributed by atoms with Crippen LogP contribution in [0.4, 0.5) is 0 Å². The minimum atomic E-state index is -0.285. The lowest BCUT2D eigenvalue weighted by Crippen LogP contribution is -2.36. The van der Waals surface area contributed by atoms with Gasteiger partial charge in [-0.15, -0.1) is 0 Å². The minimum Gasteiger partial charge on any atom is -0.334 e. The third kappa shape index (κ3) is 3.31. The van der Waals surface area contributed by atoms with E-state index in [-0.39, 0.29) is 29.3 Å². The molecule has 144 valence electrons. The number of H-pyrrole nitrogens is 1. The van der Waals surface area contributed by atoms with Crippen LogP contribution in [0.1, 0.15) is 27.7 Å². The van der Waals surface area contributed by atoms with Crippen LogP contribution in [0.5, 0.6) is 0 Å². The Bertz CT molecular complexity index is 1070. The van der Waals surface area contributed by atoms with Crippen molar-refractivity contribution in [1.82, 2.24) is 19.8 Å². The summed E-state index contributed by atoms with van der Waals surface area (Å²) in [4.78, 5) is 36.5. The fraction of sp³-hybridized carbons (Fsp3) is 0.318. The standard InChI is InChI=1S/C22H24N4O2/c1-14-8-10-15(11-9-14)17-12-26(13-19(17)25(2)3)22(28)20-23-18-7-5-4-6-16(18)21(27)24-20/h4-11,17,19H,12-13H2,1-3H3,(H,23,24,27). The van der Waals surface area contributed by atoms with Gasteiger partial charge in [-0.1, -0.05) is 42.0 Å². The highest BCUT2D eigenvalue weighted by molar-refractivity contribution is 5.93. The Labute approximate surface area is 163 Å². The van der Waals surface area contributed by atoms with E-state index in [1.165, 1.54) is 11.1 Å². The molecule has 1 fully saturated rings. The zero-order chi connectivity index (χ0) is 19.8. The van der Waals surface area contributed by atoms with Crippen LogP contribution in [0.3, 0.4) is 0 Å². The first-order valence-corrected chi connectivity index (χ1v) is 9.45. The molecule has 3 aromatic rings. The van der Waals surface area contributed by atoms with Gasteiger partial charge in [0.05, 0.1) is 10.9 Å². The van der Waals surface area contributed by atoms with Crippen molar-refractivity contribution >= 4 is 16.8 Å². The van der Waals surface area contributed by atoms with Gasteiger partial charge < -0.3 is 14.8 Å². The largest absolute Gasteiger partial charge is 0.334 e. The highest BCUT2D eigenvalue weighted by Crippen LogP contribution is 2.31. The summed E-state index contributed by atoms with van der Waals surface area (Å²) < 4.78 is 0. The number of amides is 1. The van der Waals surface area contributed by atoms with Crippen LogP contribution >= 0.6 is 0 Å². The van der Waals surface area contributed by atoms with Crippen LogP contribution in [0.15, 0.2) is 53.3 Å². The Balaban J connectivity index is 1.65. The van der Waals surface area contributed by atoms with Gasteiger partial charge in [0, 0.05) is 25.0 Å². The summed E-state index contributed by atoms with van der Waals surface area (Å²) >= 11 is 0. The van der Waals surface area contributed by atoms with Crippen molar-refractivity contribution < 1.29 is 4.79 Å². The van der Waals surface area contributed by atoms with Crippen molar-refractivity contribution in [2.45, 2.75) is 18.9 Å². The van der Waals surface area contributed by atoms with Gasteiger partial charge in [0.15, 0.2) is 5.82 Å². The van der Waals surface area contributed by atoms with Crippen molar-refractivity contribution in [3.8, 4) is 0 Å². The van der Waals surface area contributed by atoms with Gasteiger partial charge in [0.25, 0.3) is 11.5 Å². The number of carbonyl (C=O) groups is 1. The van der Waals surface area contributed by atoms with Crippen molar-refractivity contribution in [3.63, 3.8) is 0 Å². The highest BCUT2D eigenvalue weighted by Gasteiger charge is 2.38. The van der Waals surface area contributed by atoms with E-state index < -0.39 is 0 Å². The maximum atomic E-state index is 13.1. The number of para-hydroxylation sites is 1. The summed E-state index contributed by atoms with van der Waals surface area (Å²) in [7, 11) is 4.08. The predicted octanol–water partition coefficient (Wildman–Crippen LogP) is 2.40. The quantitative estimate of drug-likeness (QED) is 0.762. The number of nitrogens with one attached hydrogen (secondary N) is 1. The third-order valence-electron chi connectivity index (χ3n) is 5.56. The first kappa shape index (κ1) is 18.4. The fourth-order valence-corrected chi connectivity index (χ4v) is 3.95. The normalized spacial score (nSPS) is 19.5. The molecule has 0 spiro atoms. The molecule has 6 heteroatoms. The molecular formula is C22H24N4O2. The molecule has 0 aliphatic carbocycles. The second-order valence-electron chi connectivity index (χ2n) is 7.69. The van der Waals surface area contributed by atoms with E-state index in [0.717, 1.165) is 0 Å². The van der Waals surface area contributed by atoms with Gasteiger partial charge in [-0.3, -0.25) is 9.59 Å². The Kier molecular flexibility index (Phi) is 4.73. The summed E-state index contributed by atoms with van der Waals surface area (Å²) in [6.45, 7) is 3.27. The van der Waals surface area contributed by atoms with Gasteiger partial charge in [-0.25, -0.2) is 4.98 Å². The van der Waals surface area contributed by atoms with Gasteiger partial charge in [0.1, 0.15) is 0 Å². The molecule has 1 aliphatic heterocycles. The minimum absolute atomic E-state index is 0.103. The average Bonchev–Trinajstić information content (AvgIpc) is 3.13. The SMILES string of the molecule is Cc1ccc(C2CN(C(=O)c3nc4ccccc4c(=O)[nH]3)CC2N(C)C)cc1. The van der Waals surface area contributed by atoms with E-state index in [2.05, 4.69) is 46.1 Å². The van der Waals surface area contributed by atoms with E-state index in [1.54, 1.807) is 23.1 Å². The molecule has 1 saturated heterocycles. The zero-order valence-electron chi connectivity index (χ0n) is 16.3. The molecule has 2 atom stereocenters. The Hall–Kier alpha value is -2.99. The number of benzene rings is 2. The smallest absolute Gasteiger partial charge is 0.289 e.